The first kappa shape index (κ1) is 23.0. The number of hydrogen-bond acceptors (Lipinski definition) is 6. The molecule has 2 aromatic carbocycles. The van der Waals surface area contributed by atoms with Gasteiger partial charge < -0.3 is 14.2 Å². The van der Waals surface area contributed by atoms with Gasteiger partial charge in [-0.3, -0.25) is 9.59 Å². The lowest BCUT2D eigenvalue weighted by Gasteiger charge is -2.28. The normalized spacial score (nSPS) is 17.3. The number of aryl methyl sites for hydroxylation is 2. The molecule has 0 radical (unpaired) electrons. The highest BCUT2D eigenvalue weighted by atomic mass is 32.2. The Kier molecular flexibility index (Phi) is 6.05. The van der Waals surface area contributed by atoms with Crippen LogP contribution in [0, 0.1) is 13.8 Å². The largest absolute Gasteiger partial charge is 0.450 e. The Labute approximate surface area is 193 Å². The SMILES string of the molecule is Cc1ccc2c(=O)cc(C(=O)N(Cc3ccc(N(C)C)cc3)C3CCS(=O)(=O)C3)oc2c1C. The molecular weight excluding hydrogens is 440 g/mol. The summed E-state index contributed by atoms with van der Waals surface area (Å²) >= 11 is 0. The minimum absolute atomic E-state index is 0.0426. The van der Waals surface area contributed by atoms with E-state index in [-0.39, 0.29) is 29.2 Å². The van der Waals surface area contributed by atoms with Crippen LogP contribution in [-0.4, -0.2) is 50.9 Å². The van der Waals surface area contributed by atoms with Gasteiger partial charge in [0, 0.05) is 38.4 Å². The van der Waals surface area contributed by atoms with Crippen molar-refractivity contribution in [1.82, 2.24) is 4.90 Å². The first-order chi connectivity index (χ1) is 15.6. The van der Waals surface area contributed by atoms with E-state index in [1.165, 1.54) is 11.0 Å². The standard InChI is InChI=1S/C25H28N2O5S/c1-16-5-10-21-22(28)13-23(32-24(21)17(16)2)25(29)27(20-11-12-33(30,31)15-20)14-18-6-8-19(9-7-18)26(3)4/h5-10,13,20H,11-12,14-15H2,1-4H3. The highest BCUT2D eigenvalue weighted by Crippen LogP contribution is 2.25. The van der Waals surface area contributed by atoms with E-state index in [0.717, 1.165) is 22.4 Å². The molecule has 1 unspecified atom stereocenters. The Bertz CT molecular complexity index is 1370. The number of anilines is 1. The van der Waals surface area contributed by atoms with Crippen molar-refractivity contribution < 1.29 is 17.6 Å². The lowest BCUT2D eigenvalue weighted by molar-refractivity contribution is 0.0648. The van der Waals surface area contributed by atoms with E-state index in [2.05, 4.69) is 0 Å². The average molecular weight is 469 g/mol. The molecule has 4 rings (SSSR count). The Morgan fingerprint density at radius 3 is 2.39 bits per heavy atom. The van der Waals surface area contributed by atoms with Crippen molar-refractivity contribution in [3.05, 3.63) is 75.1 Å². The molecule has 7 nitrogen and oxygen atoms in total. The van der Waals surface area contributed by atoms with Crippen molar-refractivity contribution >= 4 is 32.4 Å². The fraction of sp³-hybridized carbons (Fsp3) is 0.360. The molecule has 0 N–H and O–H groups in total. The predicted octanol–water partition coefficient (Wildman–Crippen LogP) is 3.31. The Morgan fingerprint density at radius 2 is 1.79 bits per heavy atom. The van der Waals surface area contributed by atoms with Gasteiger partial charge in [-0.15, -0.1) is 0 Å². The van der Waals surface area contributed by atoms with Gasteiger partial charge in [-0.25, -0.2) is 8.42 Å². The molecule has 174 valence electrons. The lowest BCUT2D eigenvalue weighted by Crippen LogP contribution is -2.41. The smallest absolute Gasteiger partial charge is 0.290 e. The molecule has 1 saturated heterocycles. The maximum absolute atomic E-state index is 13.6. The second kappa shape index (κ2) is 8.67. The van der Waals surface area contributed by atoms with Gasteiger partial charge in [-0.1, -0.05) is 18.2 Å². The third-order valence-corrected chi connectivity index (χ3v) is 8.09. The molecule has 33 heavy (non-hydrogen) atoms. The lowest BCUT2D eigenvalue weighted by atomic mass is 10.1. The quantitative estimate of drug-likeness (QED) is 0.571. The minimum atomic E-state index is -3.21. The fourth-order valence-electron chi connectivity index (χ4n) is 4.18. The van der Waals surface area contributed by atoms with Crippen LogP contribution in [0.1, 0.15) is 33.7 Å². The monoisotopic (exact) mass is 468 g/mol. The Morgan fingerprint density at radius 1 is 1.09 bits per heavy atom. The Balaban J connectivity index is 1.74. The molecule has 1 aromatic heterocycles. The maximum Gasteiger partial charge on any atom is 0.290 e. The van der Waals surface area contributed by atoms with E-state index >= 15 is 0 Å². The van der Waals surface area contributed by atoms with Gasteiger partial charge in [0.1, 0.15) is 5.58 Å². The molecule has 0 aliphatic carbocycles. The highest BCUT2D eigenvalue weighted by molar-refractivity contribution is 7.91. The van der Waals surface area contributed by atoms with Crippen LogP contribution < -0.4 is 10.3 Å². The van der Waals surface area contributed by atoms with E-state index in [9.17, 15) is 18.0 Å². The molecule has 1 amide bonds. The van der Waals surface area contributed by atoms with Crippen molar-refractivity contribution in [2.24, 2.45) is 0 Å². The van der Waals surface area contributed by atoms with E-state index in [1.807, 2.05) is 63.2 Å². The van der Waals surface area contributed by atoms with Gasteiger partial charge in [0.25, 0.3) is 5.91 Å². The van der Waals surface area contributed by atoms with Crippen LogP contribution in [0.3, 0.4) is 0 Å². The summed E-state index contributed by atoms with van der Waals surface area (Å²) < 4.78 is 30.3. The summed E-state index contributed by atoms with van der Waals surface area (Å²) in [6.07, 6.45) is 0.361. The van der Waals surface area contributed by atoms with Gasteiger partial charge in [0.05, 0.1) is 16.9 Å². The summed E-state index contributed by atoms with van der Waals surface area (Å²) in [5.74, 6) is -0.602. The van der Waals surface area contributed by atoms with Crippen LogP contribution in [0.4, 0.5) is 5.69 Å². The molecule has 3 aromatic rings. The van der Waals surface area contributed by atoms with Gasteiger partial charge in [-0.2, -0.15) is 0 Å². The minimum Gasteiger partial charge on any atom is -0.450 e. The second-order valence-electron chi connectivity index (χ2n) is 8.91. The average Bonchev–Trinajstić information content (AvgIpc) is 3.13. The fourth-order valence-corrected chi connectivity index (χ4v) is 5.91. The van der Waals surface area contributed by atoms with Crippen LogP contribution in [0.2, 0.25) is 0 Å². The first-order valence-corrected chi connectivity index (χ1v) is 12.7. The second-order valence-corrected chi connectivity index (χ2v) is 11.1. The summed E-state index contributed by atoms with van der Waals surface area (Å²) in [6, 6.07) is 12.0. The van der Waals surface area contributed by atoms with E-state index in [1.54, 1.807) is 6.07 Å². The summed E-state index contributed by atoms with van der Waals surface area (Å²) in [5.41, 5.74) is 3.74. The number of carbonyl (C=O) groups is 1. The highest BCUT2D eigenvalue weighted by Gasteiger charge is 2.36. The van der Waals surface area contributed by atoms with Crippen molar-refractivity contribution in [1.29, 1.82) is 0 Å². The molecule has 1 aliphatic rings. The number of hydrogen-bond donors (Lipinski definition) is 0. The zero-order chi connectivity index (χ0) is 23.9. The zero-order valence-corrected chi connectivity index (χ0v) is 20.1. The summed E-state index contributed by atoms with van der Waals surface area (Å²) in [7, 11) is 0.674. The van der Waals surface area contributed by atoms with Gasteiger partial charge in [-0.05, 0) is 55.2 Å². The van der Waals surface area contributed by atoms with Crippen molar-refractivity contribution in [2.45, 2.75) is 32.9 Å². The first-order valence-electron chi connectivity index (χ1n) is 10.9. The van der Waals surface area contributed by atoms with Crippen molar-refractivity contribution in [2.75, 3.05) is 30.5 Å². The number of nitrogens with zero attached hydrogens (tertiary/aromatic N) is 2. The number of carbonyl (C=O) groups excluding carboxylic acids is 1. The van der Waals surface area contributed by atoms with Gasteiger partial charge in [0.15, 0.2) is 21.0 Å². The molecular formula is C25H28N2O5S. The van der Waals surface area contributed by atoms with Gasteiger partial charge in [0.2, 0.25) is 0 Å². The number of fused-ring (bicyclic) bond motifs is 1. The van der Waals surface area contributed by atoms with Gasteiger partial charge >= 0.3 is 0 Å². The molecule has 1 fully saturated rings. The van der Waals surface area contributed by atoms with Crippen LogP contribution in [0.15, 0.2) is 51.7 Å². The predicted molar refractivity (Wildman–Crippen MR) is 130 cm³/mol. The maximum atomic E-state index is 13.6. The molecule has 0 spiro atoms. The topological polar surface area (TPSA) is 87.9 Å². The number of rotatable bonds is 5. The number of amides is 1. The van der Waals surface area contributed by atoms with Crippen molar-refractivity contribution in [3.8, 4) is 0 Å². The molecule has 8 heteroatoms. The molecule has 1 atom stereocenters. The zero-order valence-electron chi connectivity index (χ0n) is 19.3. The van der Waals surface area contributed by atoms with E-state index < -0.39 is 21.8 Å². The third kappa shape index (κ3) is 4.66. The Hall–Kier alpha value is -3.13. The molecule has 2 heterocycles. The molecule has 0 saturated carbocycles. The summed E-state index contributed by atoms with van der Waals surface area (Å²) in [6.45, 7) is 3.99. The molecule has 1 aliphatic heterocycles. The third-order valence-electron chi connectivity index (χ3n) is 6.34. The van der Waals surface area contributed by atoms with Crippen LogP contribution in [-0.2, 0) is 16.4 Å². The number of benzene rings is 2. The number of sulfone groups is 1. The van der Waals surface area contributed by atoms with Crippen LogP contribution in [0.25, 0.3) is 11.0 Å². The van der Waals surface area contributed by atoms with Crippen molar-refractivity contribution in [3.63, 3.8) is 0 Å². The van der Waals surface area contributed by atoms with E-state index in [0.29, 0.717) is 17.4 Å². The van der Waals surface area contributed by atoms with E-state index in [4.69, 9.17) is 4.42 Å². The molecule has 0 bridgehead atoms. The van der Waals surface area contributed by atoms with Crippen LogP contribution in [0.5, 0.6) is 0 Å². The van der Waals surface area contributed by atoms with Crippen LogP contribution >= 0.6 is 0 Å². The summed E-state index contributed by atoms with van der Waals surface area (Å²) in [4.78, 5) is 29.9. The summed E-state index contributed by atoms with van der Waals surface area (Å²) in [5, 5.41) is 0.420.